The zero-order valence-corrected chi connectivity index (χ0v) is 12.7. The first-order valence-corrected chi connectivity index (χ1v) is 6.77. The Hall–Kier alpha value is -0.980. The van der Waals surface area contributed by atoms with E-state index in [0.29, 0.717) is 10.7 Å². The molecule has 0 saturated heterocycles. The van der Waals surface area contributed by atoms with Crippen LogP contribution in [-0.4, -0.2) is 4.98 Å². The van der Waals surface area contributed by atoms with Crippen molar-refractivity contribution >= 4 is 50.6 Å². The van der Waals surface area contributed by atoms with Crippen LogP contribution < -0.4 is 5.32 Å². The van der Waals surface area contributed by atoms with E-state index in [9.17, 15) is 13.2 Å². The van der Waals surface area contributed by atoms with Gasteiger partial charge in [0, 0.05) is 4.47 Å². The quantitative estimate of drug-likeness (QED) is 0.649. The van der Waals surface area contributed by atoms with Crippen LogP contribution in [0, 0.1) is 0 Å². The number of aromatic nitrogens is 1. The Bertz CT molecular complexity index is 647. The molecular weight excluding hydrogens is 380 g/mol. The number of halogens is 6. The van der Waals surface area contributed by atoms with Gasteiger partial charge in [0.15, 0.2) is 0 Å². The van der Waals surface area contributed by atoms with Crippen LogP contribution in [0.3, 0.4) is 0 Å². The minimum atomic E-state index is -4.50. The lowest BCUT2D eigenvalue weighted by molar-refractivity contribution is -0.137. The van der Waals surface area contributed by atoms with Crippen LogP contribution in [-0.2, 0) is 6.18 Å². The molecule has 0 radical (unpaired) electrons. The van der Waals surface area contributed by atoms with E-state index in [2.05, 4.69) is 26.2 Å². The molecule has 2 nitrogen and oxygen atoms in total. The Morgan fingerprint density at radius 2 is 1.80 bits per heavy atom. The summed E-state index contributed by atoms with van der Waals surface area (Å²) in [5.74, 6) is -0.0372. The number of nitrogens with one attached hydrogen (secondary N) is 1. The minimum Gasteiger partial charge on any atom is -0.339 e. The average Bonchev–Trinajstić information content (AvgIpc) is 2.32. The SMILES string of the molecule is FC(F)(F)c1cc(Cl)nc(Nc2cc(Br)ccc2Cl)c1. The summed E-state index contributed by atoms with van der Waals surface area (Å²) in [5.41, 5.74) is -0.463. The Balaban J connectivity index is 2.39. The highest BCUT2D eigenvalue weighted by atomic mass is 79.9. The van der Waals surface area contributed by atoms with Crippen LogP contribution in [0.1, 0.15) is 5.56 Å². The smallest absolute Gasteiger partial charge is 0.339 e. The van der Waals surface area contributed by atoms with Gasteiger partial charge in [-0.3, -0.25) is 0 Å². The summed E-state index contributed by atoms with van der Waals surface area (Å²) in [7, 11) is 0. The molecule has 0 aliphatic heterocycles. The highest BCUT2D eigenvalue weighted by Crippen LogP contribution is 2.34. The molecule has 2 aromatic rings. The van der Waals surface area contributed by atoms with Gasteiger partial charge in [0.05, 0.1) is 16.3 Å². The lowest BCUT2D eigenvalue weighted by Crippen LogP contribution is -2.06. The van der Waals surface area contributed by atoms with Crippen LogP contribution in [0.5, 0.6) is 0 Å². The van der Waals surface area contributed by atoms with Gasteiger partial charge in [-0.1, -0.05) is 39.1 Å². The van der Waals surface area contributed by atoms with E-state index in [-0.39, 0.29) is 11.0 Å². The minimum absolute atomic E-state index is 0.0372. The van der Waals surface area contributed by atoms with Crippen molar-refractivity contribution in [2.45, 2.75) is 6.18 Å². The van der Waals surface area contributed by atoms with Crippen molar-refractivity contribution in [2.75, 3.05) is 5.32 Å². The highest BCUT2D eigenvalue weighted by Gasteiger charge is 2.31. The largest absolute Gasteiger partial charge is 0.416 e. The summed E-state index contributed by atoms with van der Waals surface area (Å²) in [6, 6.07) is 6.56. The summed E-state index contributed by atoms with van der Waals surface area (Å²) >= 11 is 14.8. The van der Waals surface area contributed by atoms with Crippen LogP contribution in [0.15, 0.2) is 34.8 Å². The number of nitrogens with zero attached hydrogens (tertiary/aromatic N) is 1. The van der Waals surface area contributed by atoms with Crippen LogP contribution >= 0.6 is 39.1 Å². The second-order valence-electron chi connectivity index (χ2n) is 3.81. The molecule has 0 atom stereocenters. The fourth-order valence-corrected chi connectivity index (χ4v) is 2.19. The predicted octanol–water partition coefficient (Wildman–Crippen LogP) is 5.91. The Labute approximate surface area is 131 Å². The zero-order valence-electron chi connectivity index (χ0n) is 9.60. The van der Waals surface area contributed by atoms with Gasteiger partial charge in [-0.05, 0) is 30.3 Å². The fourth-order valence-electron chi connectivity index (χ4n) is 1.46. The maximum Gasteiger partial charge on any atom is 0.416 e. The molecule has 0 aliphatic carbocycles. The van der Waals surface area contributed by atoms with Crippen molar-refractivity contribution in [3.63, 3.8) is 0 Å². The normalized spacial score (nSPS) is 11.5. The van der Waals surface area contributed by atoms with Crippen molar-refractivity contribution in [3.8, 4) is 0 Å². The molecular formula is C12H6BrCl2F3N2. The lowest BCUT2D eigenvalue weighted by atomic mass is 10.2. The van der Waals surface area contributed by atoms with Gasteiger partial charge >= 0.3 is 6.18 Å². The molecule has 0 fully saturated rings. The van der Waals surface area contributed by atoms with Crippen molar-refractivity contribution in [1.82, 2.24) is 4.98 Å². The Morgan fingerprint density at radius 3 is 2.45 bits per heavy atom. The van der Waals surface area contributed by atoms with Crippen molar-refractivity contribution < 1.29 is 13.2 Å². The summed E-state index contributed by atoms with van der Waals surface area (Å²) in [4.78, 5) is 3.79. The first-order valence-electron chi connectivity index (χ1n) is 5.22. The molecule has 0 aliphatic rings. The second kappa shape index (κ2) is 5.79. The number of anilines is 2. The van der Waals surface area contributed by atoms with Crippen LogP contribution in [0.2, 0.25) is 10.2 Å². The van der Waals surface area contributed by atoms with Crippen molar-refractivity contribution in [1.29, 1.82) is 0 Å². The summed E-state index contributed by atoms with van der Waals surface area (Å²) in [6.45, 7) is 0. The molecule has 0 amide bonds. The maximum atomic E-state index is 12.7. The van der Waals surface area contributed by atoms with E-state index >= 15 is 0 Å². The molecule has 1 aromatic heterocycles. The lowest BCUT2D eigenvalue weighted by Gasteiger charge is -2.12. The van der Waals surface area contributed by atoms with E-state index in [0.717, 1.165) is 16.6 Å². The third kappa shape index (κ3) is 3.77. The molecule has 1 heterocycles. The molecule has 1 N–H and O–H groups in total. The monoisotopic (exact) mass is 384 g/mol. The third-order valence-corrected chi connectivity index (χ3v) is 3.33. The van der Waals surface area contributed by atoms with Gasteiger partial charge in [-0.25, -0.2) is 4.98 Å². The van der Waals surface area contributed by atoms with Crippen molar-refractivity contribution in [3.05, 3.63) is 50.5 Å². The summed E-state index contributed by atoms with van der Waals surface area (Å²) in [5, 5.41) is 2.80. The number of hydrogen-bond acceptors (Lipinski definition) is 2. The number of hydrogen-bond donors (Lipinski definition) is 1. The van der Waals surface area contributed by atoms with Gasteiger partial charge in [-0.2, -0.15) is 13.2 Å². The fraction of sp³-hybridized carbons (Fsp3) is 0.0833. The number of rotatable bonds is 2. The molecule has 1 aromatic carbocycles. The van der Waals surface area contributed by atoms with E-state index in [4.69, 9.17) is 23.2 Å². The first-order chi connectivity index (χ1) is 9.25. The molecule has 0 unspecified atom stereocenters. The number of pyridine rings is 1. The summed E-state index contributed by atoms with van der Waals surface area (Å²) < 4.78 is 38.8. The predicted molar refractivity (Wildman–Crippen MR) is 76.7 cm³/mol. The van der Waals surface area contributed by atoms with E-state index in [1.165, 1.54) is 0 Å². The number of alkyl halides is 3. The van der Waals surface area contributed by atoms with E-state index in [1.54, 1.807) is 18.2 Å². The van der Waals surface area contributed by atoms with Gasteiger partial charge in [-0.15, -0.1) is 0 Å². The standard InChI is InChI=1S/C12H6BrCl2F3N2/c13-7-1-2-8(14)9(5-7)19-11-4-6(12(16,17)18)3-10(15)20-11/h1-5H,(H,19,20). The Kier molecular flexibility index (Phi) is 4.46. The van der Waals surface area contributed by atoms with E-state index < -0.39 is 11.7 Å². The number of benzene rings is 1. The van der Waals surface area contributed by atoms with Gasteiger partial charge in [0.1, 0.15) is 11.0 Å². The Morgan fingerprint density at radius 1 is 1.10 bits per heavy atom. The van der Waals surface area contributed by atoms with Gasteiger partial charge in [0.2, 0.25) is 0 Å². The molecule has 2 rings (SSSR count). The topological polar surface area (TPSA) is 24.9 Å². The van der Waals surface area contributed by atoms with Gasteiger partial charge in [0.25, 0.3) is 0 Å². The molecule has 8 heteroatoms. The summed E-state index contributed by atoms with van der Waals surface area (Å²) in [6.07, 6.45) is -4.50. The van der Waals surface area contributed by atoms with Crippen LogP contribution in [0.4, 0.5) is 24.7 Å². The van der Waals surface area contributed by atoms with E-state index in [1.807, 2.05) is 0 Å². The molecule has 0 spiro atoms. The van der Waals surface area contributed by atoms with Gasteiger partial charge < -0.3 is 5.32 Å². The molecule has 0 saturated carbocycles. The molecule has 0 bridgehead atoms. The third-order valence-electron chi connectivity index (χ3n) is 2.31. The second-order valence-corrected chi connectivity index (χ2v) is 5.52. The highest BCUT2D eigenvalue weighted by molar-refractivity contribution is 9.10. The first kappa shape index (κ1) is 15.4. The zero-order chi connectivity index (χ0) is 14.9. The van der Waals surface area contributed by atoms with Crippen molar-refractivity contribution in [2.24, 2.45) is 0 Å². The maximum absolute atomic E-state index is 12.7. The molecule has 106 valence electrons. The van der Waals surface area contributed by atoms with Crippen LogP contribution in [0.25, 0.3) is 0 Å². The molecule has 20 heavy (non-hydrogen) atoms. The average molecular weight is 386 g/mol.